The minimum atomic E-state index is -1.13. The van der Waals surface area contributed by atoms with E-state index in [1.165, 1.54) is 6.07 Å². The van der Waals surface area contributed by atoms with E-state index in [-0.39, 0.29) is 33.5 Å². The summed E-state index contributed by atoms with van der Waals surface area (Å²) in [5, 5.41) is 8.87. The van der Waals surface area contributed by atoms with Crippen LogP contribution in [0.5, 0.6) is 5.75 Å². The second-order valence-electron chi connectivity index (χ2n) is 5.37. The largest absolute Gasteiger partial charge is 0.482 e. The molecule has 0 radical (unpaired) electrons. The summed E-state index contributed by atoms with van der Waals surface area (Å²) in [6.45, 7) is 4.70. The Morgan fingerprint density at radius 1 is 1.27 bits per heavy atom. The van der Waals surface area contributed by atoms with Crippen LogP contribution in [0.25, 0.3) is 0 Å². The van der Waals surface area contributed by atoms with E-state index in [0.717, 1.165) is 0 Å². The molecule has 5 nitrogen and oxygen atoms in total. The summed E-state index contributed by atoms with van der Waals surface area (Å²) in [5.74, 6) is -1.43. The third-order valence-corrected chi connectivity index (χ3v) is 4.83. The quantitative estimate of drug-likeness (QED) is 0.840. The molecule has 0 fully saturated rings. The number of carboxylic acids is 1. The molecule has 0 atom stereocenters. The lowest BCUT2D eigenvalue weighted by atomic mass is 9.78. The maximum absolute atomic E-state index is 12.7. The van der Waals surface area contributed by atoms with Gasteiger partial charge in [-0.15, -0.1) is 0 Å². The number of aliphatic carboxylic acids is 1. The lowest BCUT2D eigenvalue weighted by Gasteiger charge is -2.21. The fraction of sp³-hybridized carbons (Fsp3) is 0.438. The predicted octanol–water partition coefficient (Wildman–Crippen LogP) is 3.30. The zero-order valence-corrected chi connectivity index (χ0v) is 13.4. The summed E-state index contributed by atoms with van der Waals surface area (Å²) in [6.07, 6.45) is 0.799. The van der Waals surface area contributed by atoms with Gasteiger partial charge in [-0.1, -0.05) is 25.4 Å². The van der Waals surface area contributed by atoms with E-state index in [4.69, 9.17) is 21.4 Å². The first-order valence-corrected chi connectivity index (χ1v) is 7.45. The van der Waals surface area contributed by atoms with Crippen LogP contribution in [-0.4, -0.2) is 29.2 Å². The molecule has 0 aromatic heterocycles. The number of fused-ring (bicyclic) bond motifs is 1. The van der Waals surface area contributed by atoms with Gasteiger partial charge < -0.3 is 9.84 Å². The van der Waals surface area contributed by atoms with Gasteiger partial charge in [-0.2, -0.15) is 0 Å². The highest BCUT2D eigenvalue weighted by Crippen LogP contribution is 2.47. The summed E-state index contributed by atoms with van der Waals surface area (Å²) in [4.78, 5) is 36.0. The van der Waals surface area contributed by atoms with E-state index in [0.29, 0.717) is 18.4 Å². The molecule has 0 saturated carbocycles. The summed E-state index contributed by atoms with van der Waals surface area (Å²) in [7, 11) is 0. The van der Waals surface area contributed by atoms with Gasteiger partial charge in [0, 0.05) is 16.7 Å². The third kappa shape index (κ3) is 2.20. The van der Waals surface area contributed by atoms with E-state index in [1.807, 2.05) is 0 Å². The normalized spacial score (nSPS) is 15.8. The average Bonchev–Trinajstić information content (AvgIpc) is 2.69. The van der Waals surface area contributed by atoms with Crippen LogP contribution in [0, 0.1) is 12.3 Å². The molecule has 2 rings (SSSR count). The molecule has 1 aliphatic carbocycles. The van der Waals surface area contributed by atoms with Crippen molar-refractivity contribution in [3.8, 4) is 5.75 Å². The topological polar surface area (TPSA) is 80.7 Å². The molecule has 0 unspecified atom stereocenters. The zero-order chi connectivity index (χ0) is 16.7. The van der Waals surface area contributed by atoms with Crippen LogP contribution in [-0.2, 0) is 4.79 Å². The number of rotatable bonds is 5. The molecular weight excluding hydrogens is 308 g/mol. The number of carboxylic acid groups (broad SMARTS) is 1. The molecule has 0 bridgehead atoms. The Hall–Kier alpha value is -1.88. The highest BCUT2D eigenvalue weighted by Gasteiger charge is 2.51. The fourth-order valence-electron chi connectivity index (χ4n) is 2.91. The Bertz CT molecular complexity index is 674. The van der Waals surface area contributed by atoms with E-state index in [9.17, 15) is 14.4 Å². The number of carbonyl (C=O) groups excluding carboxylic acids is 2. The van der Waals surface area contributed by atoms with Crippen LogP contribution in [0.2, 0.25) is 5.02 Å². The van der Waals surface area contributed by atoms with Gasteiger partial charge in [-0.3, -0.25) is 9.59 Å². The molecule has 0 spiro atoms. The molecule has 22 heavy (non-hydrogen) atoms. The van der Waals surface area contributed by atoms with Gasteiger partial charge in [-0.25, -0.2) is 4.79 Å². The second kappa shape index (κ2) is 5.72. The SMILES string of the molecule is CCC1(CC)C(=O)c2cc(OCC(=O)O)c(C)c(Cl)c2C1=O. The molecule has 1 aromatic rings. The summed E-state index contributed by atoms with van der Waals surface area (Å²) >= 11 is 6.26. The smallest absolute Gasteiger partial charge is 0.341 e. The standard InChI is InChI=1S/C16H17ClO5/c1-4-16(5-2)14(20)9-6-10(22-7-11(18)19)8(3)13(17)12(9)15(16)21/h6H,4-5,7H2,1-3H3,(H,18,19). The predicted molar refractivity (Wildman–Crippen MR) is 81.0 cm³/mol. The lowest BCUT2D eigenvalue weighted by molar-refractivity contribution is -0.139. The number of Topliss-reactive ketones (excluding diaryl/α,β-unsaturated/α-hetero) is 2. The molecule has 0 saturated heterocycles. The van der Waals surface area contributed by atoms with Crippen molar-refractivity contribution in [2.45, 2.75) is 33.6 Å². The Labute approximate surface area is 133 Å². The van der Waals surface area contributed by atoms with Crippen LogP contribution in [0.1, 0.15) is 53.0 Å². The molecule has 118 valence electrons. The molecule has 1 N–H and O–H groups in total. The highest BCUT2D eigenvalue weighted by molar-refractivity contribution is 6.40. The molecular formula is C16H17ClO5. The van der Waals surface area contributed by atoms with E-state index in [1.54, 1.807) is 20.8 Å². The fourth-order valence-corrected chi connectivity index (χ4v) is 3.19. The molecule has 0 heterocycles. The van der Waals surface area contributed by atoms with Crippen molar-refractivity contribution >= 4 is 29.1 Å². The van der Waals surface area contributed by atoms with Crippen molar-refractivity contribution in [1.82, 2.24) is 0 Å². The Kier molecular flexibility index (Phi) is 4.29. The number of ether oxygens (including phenoxy) is 1. The van der Waals surface area contributed by atoms with Gasteiger partial charge in [0.25, 0.3) is 0 Å². The Balaban J connectivity index is 2.60. The van der Waals surface area contributed by atoms with Gasteiger partial charge in [0.1, 0.15) is 5.75 Å². The van der Waals surface area contributed by atoms with Crippen molar-refractivity contribution in [2.75, 3.05) is 6.61 Å². The first-order valence-electron chi connectivity index (χ1n) is 7.07. The van der Waals surface area contributed by atoms with Crippen molar-refractivity contribution in [2.24, 2.45) is 5.41 Å². The molecule has 1 aliphatic rings. The first kappa shape index (κ1) is 16.5. The van der Waals surface area contributed by atoms with Crippen LogP contribution < -0.4 is 4.74 Å². The van der Waals surface area contributed by atoms with Crippen molar-refractivity contribution in [1.29, 1.82) is 0 Å². The van der Waals surface area contributed by atoms with Gasteiger partial charge in [0.15, 0.2) is 18.2 Å². The van der Waals surface area contributed by atoms with E-state index >= 15 is 0 Å². The number of hydrogen-bond donors (Lipinski definition) is 1. The number of benzene rings is 1. The van der Waals surface area contributed by atoms with Gasteiger partial charge in [0.05, 0.1) is 10.4 Å². The van der Waals surface area contributed by atoms with Crippen molar-refractivity contribution in [3.63, 3.8) is 0 Å². The van der Waals surface area contributed by atoms with E-state index in [2.05, 4.69) is 0 Å². The van der Waals surface area contributed by atoms with Crippen LogP contribution in [0.3, 0.4) is 0 Å². The Morgan fingerprint density at radius 3 is 2.36 bits per heavy atom. The van der Waals surface area contributed by atoms with Gasteiger partial charge >= 0.3 is 5.97 Å². The highest BCUT2D eigenvalue weighted by atomic mass is 35.5. The van der Waals surface area contributed by atoms with Gasteiger partial charge in [0.2, 0.25) is 0 Å². The van der Waals surface area contributed by atoms with Crippen molar-refractivity contribution in [3.05, 3.63) is 27.8 Å². The van der Waals surface area contributed by atoms with Crippen molar-refractivity contribution < 1.29 is 24.2 Å². The number of ketones is 2. The average molecular weight is 325 g/mol. The number of halogens is 1. The second-order valence-corrected chi connectivity index (χ2v) is 5.74. The molecule has 0 aliphatic heterocycles. The van der Waals surface area contributed by atoms with Gasteiger partial charge in [-0.05, 0) is 25.8 Å². The maximum atomic E-state index is 12.7. The minimum Gasteiger partial charge on any atom is -0.482 e. The van der Waals surface area contributed by atoms with Crippen LogP contribution >= 0.6 is 11.6 Å². The molecule has 0 amide bonds. The Morgan fingerprint density at radius 2 is 1.86 bits per heavy atom. The summed E-state index contributed by atoms with van der Waals surface area (Å²) < 4.78 is 5.18. The summed E-state index contributed by atoms with van der Waals surface area (Å²) in [6, 6.07) is 1.44. The monoisotopic (exact) mass is 324 g/mol. The van der Waals surface area contributed by atoms with Crippen LogP contribution in [0.15, 0.2) is 6.07 Å². The minimum absolute atomic E-state index is 0.167. The maximum Gasteiger partial charge on any atom is 0.341 e. The van der Waals surface area contributed by atoms with Crippen LogP contribution in [0.4, 0.5) is 0 Å². The number of carbonyl (C=O) groups is 3. The summed E-state index contributed by atoms with van der Waals surface area (Å²) in [5.41, 5.74) is -0.143. The third-order valence-electron chi connectivity index (χ3n) is 4.36. The molecule has 6 heteroatoms. The first-order chi connectivity index (χ1) is 10.3. The lowest BCUT2D eigenvalue weighted by Crippen LogP contribution is -2.31. The van der Waals surface area contributed by atoms with E-state index < -0.39 is 18.0 Å². The number of hydrogen-bond acceptors (Lipinski definition) is 4. The molecule has 1 aromatic carbocycles. The zero-order valence-electron chi connectivity index (χ0n) is 12.7.